The van der Waals surface area contributed by atoms with Gasteiger partial charge in [-0.2, -0.15) is 0 Å². The van der Waals surface area contributed by atoms with Crippen molar-refractivity contribution < 1.29 is 4.79 Å². The van der Waals surface area contributed by atoms with E-state index in [1.54, 1.807) is 11.3 Å². The number of nitrogens with zero attached hydrogens (tertiary/aromatic N) is 3. The van der Waals surface area contributed by atoms with E-state index in [4.69, 9.17) is 0 Å². The van der Waals surface area contributed by atoms with E-state index in [1.165, 1.54) is 16.0 Å². The molecule has 24 heavy (non-hydrogen) atoms. The van der Waals surface area contributed by atoms with Crippen LogP contribution >= 0.6 is 11.3 Å². The van der Waals surface area contributed by atoms with Crippen LogP contribution in [0.5, 0.6) is 0 Å². The Morgan fingerprint density at radius 3 is 2.83 bits per heavy atom. The largest absolute Gasteiger partial charge is 0.337 e. The summed E-state index contributed by atoms with van der Waals surface area (Å²) in [6.45, 7) is 6.40. The highest BCUT2D eigenvalue weighted by Gasteiger charge is 2.27. The maximum Gasteiger partial charge on any atom is 0.239 e. The molecule has 0 saturated carbocycles. The lowest BCUT2D eigenvalue weighted by atomic mass is 9.99. The fraction of sp³-hybridized carbons (Fsp3) is 0.474. The molecule has 128 valence electrons. The number of fused-ring (bicyclic) bond motifs is 1. The molecule has 0 bridgehead atoms. The fourth-order valence-corrected chi connectivity index (χ4v) is 4.00. The number of amides is 1. The zero-order chi connectivity index (χ0) is 17.1. The van der Waals surface area contributed by atoms with Crippen LogP contribution < -0.4 is 0 Å². The molecule has 0 saturated heterocycles. The number of aryl methyl sites for hydroxylation is 1. The minimum absolute atomic E-state index is 0.135. The zero-order valence-electron chi connectivity index (χ0n) is 14.7. The van der Waals surface area contributed by atoms with E-state index in [1.807, 2.05) is 25.1 Å². The lowest BCUT2D eigenvalue weighted by molar-refractivity contribution is -0.137. The number of carbonyl (C=O) groups excluding carboxylic acids is 1. The summed E-state index contributed by atoms with van der Waals surface area (Å²) in [5, 5.41) is 1.08. The van der Waals surface area contributed by atoms with Gasteiger partial charge in [0, 0.05) is 24.2 Å². The van der Waals surface area contributed by atoms with Crippen molar-refractivity contribution >= 4 is 17.2 Å². The maximum atomic E-state index is 12.9. The normalized spacial score (nSPS) is 15.4. The first kappa shape index (κ1) is 17.1. The predicted molar refractivity (Wildman–Crippen MR) is 98.0 cm³/mol. The van der Waals surface area contributed by atoms with Crippen LogP contribution in [0.4, 0.5) is 0 Å². The molecular formula is C19H25N3OS. The molecule has 2 heterocycles. The minimum atomic E-state index is -0.135. The van der Waals surface area contributed by atoms with Gasteiger partial charge in [-0.25, -0.2) is 4.98 Å². The smallest absolute Gasteiger partial charge is 0.239 e. The van der Waals surface area contributed by atoms with Crippen LogP contribution in [0.25, 0.3) is 0 Å². The number of hydrogen-bond donors (Lipinski definition) is 0. The van der Waals surface area contributed by atoms with Crippen molar-refractivity contribution in [3.8, 4) is 0 Å². The first-order valence-electron chi connectivity index (χ1n) is 8.58. The highest BCUT2D eigenvalue weighted by molar-refractivity contribution is 7.11. The van der Waals surface area contributed by atoms with Crippen LogP contribution in [0.1, 0.15) is 34.9 Å². The average molecular weight is 343 g/mol. The fourth-order valence-electron chi connectivity index (χ4n) is 3.07. The molecule has 1 unspecified atom stereocenters. The Morgan fingerprint density at radius 1 is 1.38 bits per heavy atom. The highest BCUT2D eigenvalue weighted by atomic mass is 32.1. The maximum absolute atomic E-state index is 12.9. The van der Waals surface area contributed by atoms with Gasteiger partial charge >= 0.3 is 0 Å². The summed E-state index contributed by atoms with van der Waals surface area (Å²) >= 11 is 1.74. The second-order valence-electron chi connectivity index (χ2n) is 6.44. The number of benzene rings is 1. The van der Waals surface area contributed by atoms with Gasteiger partial charge in [-0.3, -0.25) is 9.69 Å². The van der Waals surface area contributed by atoms with E-state index in [9.17, 15) is 4.79 Å². The van der Waals surface area contributed by atoms with Gasteiger partial charge in [0.05, 0.1) is 12.6 Å². The van der Waals surface area contributed by atoms with E-state index < -0.39 is 0 Å². The molecule has 0 radical (unpaired) electrons. The number of hydrogen-bond acceptors (Lipinski definition) is 4. The van der Waals surface area contributed by atoms with Crippen molar-refractivity contribution in [1.82, 2.24) is 14.8 Å². The lowest BCUT2D eigenvalue weighted by Gasteiger charge is -2.33. The molecule has 5 heteroatoms. The number of rotatable bonds is 5. The summed E-state index contributed by atoms with van der Waals surface area (Å²) in [6.07, 6.45) is 3.91. The first-order valence-corrected chi connectivity index (χ1v) is 9.39. The Balaban J connectivity index is 1.62. The van der Waals surface area contributed by atoms with Crippen molar-refractivity contribution in [2.24, 2.45) is 0 Å². The molecule has 2 aromatic rings. The summed E-state index contributed by atoms with van der Waals surface area (Å²) in [4.78, 5) is 22.7. The molecule has 1 amide bonds. The Morgan fingerprint density at radius 2 is 2.12 bits per heavy atom. The Hall–Kier alpha value is -1.72. The zero-order valence-corrected chi connectivity index (χ0v) is 15.5. The first-order chi connectivity index (χ1) is 11.6. The molecule has 0 spiro atoms. The third-order valence-corrected chi connectivity index (χ3v) is 5.92. The number of carbonyl (C=O) groups is 1. The molecule has 0 N–H and O–H groups in total. The monoisotopic (exact) mass is 343 g/mol. The molecule has 1 atom stereocenters. The van der Waals surface area contributed by atoms with Crippen LogP contribution in [-0.2, 0) is 30.7 Å². The average Bonchev–Trinajstić information content (AvgIpc) is 3.07. The van der Waals surface area contributed by atoms with E-state index in [-0.39, 0.29) is 11.9 Å². The lowest BCUT2D eigenvalue weighted by Crippen LogP contribution is -2.47. The second-order valence-corrected chi connectivity index (χ2v) is 7.64. The highest BCUT2D eigenvalue weighted by Crippen LogP contribution is 2.21. The molecule has 0 fully saturated rings. The van der Waals surface area contributed by atoms with Gasteiger partial charge < -0.3 is 4.90 Å². The molecular weight excluding hydrogens is 318 g/mol. The van der Waals surface area contributed by atoms with Crippen molar-refractivity contribution in [3.05, 3.63) is 51.5 Å². The quantitative estimate of drug-likeness (QED) is 0.837. The summed E-state index contributed by atoms with van der Waals surface area (Å²) in [5.41, 5.74) is 2.65. The predicted octanol–water partition coefficient (Wildman–Crippen LogP) is 3.11. The number of aromatic nitrogens is 1. The summed E-state index contributed by atoms with van der Waals surface area (Å²) < 4.78 is 0. The summed E-state index contributed by atoms with van der Waals surface area (Å²) in [5.74, 6) is 0.208. The van der Waals surface area contributed by atoms with Crippen molar-refractivity contribution in [2.75, 3.05) is 13.6 Å². The van der Waals surface area contributed by atoms with Crippen LogP contribution in [-0.4, -0.2) is 40.3 Å². The minimum Gasteiger partial charge on any atom is -0.337 e. The standard InChI is InChI=1S/C19H25N3OS/c1-4-17-11-20-18(24-17)13-21(3)14(2)19(23)22-10-9-15-7-5-6-8-16(15)12-22/h5-8,11,14H,4,9-10,12-13H2,1-3H3. The van der Waals surface area contributed by atoms with E-state index >= 15 is 0 Å². The van der Waals surface area contributed by atoms with Crippen LogP contribution in [0, 0.1) is 0 Å². The Labute approximate surface area is 148 Å². The molecule has 1 aliphatic heterocycles. The van der Waals surface area contributed by atoms with Gasteiger partial charge in [0.25, 0.3) is 0 Å². The molecule has 1 aromatic carbocycles. The molecule has 1 aromatic heterocycles. The molecule has 1 aliphatic rings. The van der Waals surface area contributed by atoms with Crippen LogP contribution in [0.2, 0.25) is 0 Å². The number of thiazole rings is 1. The molecule has 3 rings (SSSR count). The van der Waals surface area contributed by atoms with Crippen molar-refractivity contribution in [1.29, 1.82) is 0 Å². The summed E-state index contributed by atoms with van der Waals surface area (Å²) in [7, 11) is 2.01. The van der Waals surface area contributed by atoms with Crippen LogP contribution in [0.15, 0.2) is 30.5 Å². The molecule has 4 nitrogen and oxygen atoms in total. The van der Waals surface area contributed by atoms with Gasteiger partial charge in [0.1, 0.15) is 5.01 Å². The number of likely N-dealkylation sites (N-methyl/N-ethyl adjacent to an activating group) is 1. The van der Waals surface area contributed by atoms with Gasteiger partial charge in [-0.05, 0) is 37.9 Å². The second kappa shape index (κ2) is 7.45. The van der Waals surface area contributed by atoms with E-state index in [0.29, 0.717) is 0 Å². The topological polar surface area (TPSA) is 36.4 Å². The Kier molecular flexibility index (Phi) is 5.31. The van der Waals surface area contributed by atoms with Gasteiger partial charge in [0.15, 0.2) is 0 Å². The SMILES string of the molecule is CCc1cnc(CN(C)C(C)C(=O)N2CCc3ccccc3C2)s1. The van der Waals surface area contributed by atoms with E-state index in [2.05, 4.69) is 41.1 Å². The molecule has 0 aliphatic carbocycles. The Bertz CT molecular complexity index is 712. The van der Waals surface area contributed by atoms with Gasteiger partial charge in [-0.1, -0.05) is 31.2 Å². The van der Waals surface area contributed by atoms with Crippen LogP contribution in [0.3, 0.4) is 0 Å². The van der Waals surface area contributed by atoms with Gasteiger partial charge in [-0.15, -0.1) is 11.3 Å². The third-order valence-electron chi connectivity index (χ3n) is 4.80. The van der Waals surface area contributed by atoms with Crippen molar-refractivity contribution in [3.63, 3.8) is 0 Å². The van der Waals surface area contributed by atoms with E-state index in [0.717, 1.165) is 37.5 Å². The summed E-state index contributed by atoms with van der Waals surface area (Å²) in [6, 6.07) is 8.29. The van der Waals surface area contributed by atoms with Gasteiger partial charge in [0.2, 0.25) is 5.91 Å². The van der Waals surface area contributed by atoms with Crippen molar-refractivity contribution in [2.45, 2.75) is 45.8 Å². The third kappa shape index (κ3) is 3.68.